The minimum Gasteiger partial charge on any atom is -0.336 e. The molecule has 2 amide bonds. The Labute approximate surface area is 139 Å². The number of benzene rings is 1. The van der Waals surface area contributed by atoms with Crippen LogP contribution in [0.2, 0.25) is 0 Å². The van der Waals surface area contributed by atoms with Gasteiger partial charge in [-0.1, -0.05) is 18.6 Å². The van der Waals surface area contributed by atoms with E-state index >= 15 is 0 Å². The lowest BCUT2D eigenvalue weighted by Gasteiger charge is -2.26. The van der Waals surface area contributed by atoms with Gasteiger partial charge in [0, 0.05) is 17.4 Å². The molecule has 5 heteroatoms. The van der Waals surface area contributed by atoms with Crippen molar-refractivity contribution in [1.29, 1.82) is 0 Å². The van der Waals surface area contributed by atoms with Crippen LogP contribution in [0.1, 0.15) is 25.7 Å². The zero-order valence-electron chi connectivity index (χ0n) is 12.7. The Balaban J connectivity index is 1.55. The van der Waals surface area contributed by atoms with Gasteiger partial charge in [-0.15, -0.1) is 0 Å². The Morgan fingerprint density at radius 3 is 2.68 bits per heavy atom. The molecule has 0 spiro atoms. The first-order valence-corrected chi connectivity index (χ1v) is 8.63. The number of hydrogen-bond acceptors (Lipinski definition) is 2. The number of likely N-dealkylation sites (N-methyl/N-ethyl adjacent to an activating group) is 1. The van der Waals surface area contributed by atoms with Crippen LogP contribution in [0, 0.1) is 17.8 Å². The third kappa shape index (κ3) is 3.19. The zero-order chi connectivity index (χ0) is 15.7. The molecule has 1 N–H and O–H groups in total. The van der Waals surface area contributed by atoms with Gasteiger partial charge in [0.2, 0.25) is 11.8 Å². The summed E-state index contributed by atoms with van der Waals surface area (Å²) in [6, 6.07) is 7.47. The largest absolute Gasteiger partial charge is 0.336 e. The van der Waals surface area contributed by atoms with Crippen LogP contribution in [0.15, 0.2) is 28.7 Å². The molecule has 3 atom stereocenters. The molecule has 2 aliphatic rings. The van der Waals surface area contributed by atoms with Crippen molar-refractivity contribution in [3.05, 3.63) is 28.7 Å². The van der Waals surface area contributed by atoms with Crippen molar-refractivity contribution >= 4 is 33.4 Å². The van der Waals surface area contributed by atoms with E-state index < -0.39 is 0 Å². The SMILES string of the molecule is CN(CC(=O)Nc1ccccc1Br)C(=O)C1CC2CCC1C2. The number of anilines is 1. The highest BCUT2D eigenvalue weighted by Crippen LogP contribution is 2.48. The molecule has 0 aromatic heterocycles. The standard InChI is InChI=1S/C17H21BrN2O2/c1-20(17(22)13-9-11-6-7-12(13)8-11)10-16(21)19-15-5-3-2-4-14(15)18/h2-5,11-13H,6-10H2,1H3,(H,19,21). The van der Waals surface area contributed by atoms with Gasteiger partial charge >= 0.3 is 0 Å². The molecule has 22 heavy (non-hydrogen) atoms. The fourth-order valence-corrected chi connectivity index (χ4v) is 4.26. The van der Waals surface area contributed by atoms with E-state index in [2.05, 4.69) is 21.2 Å². The van der Waals surface area contributed by atoms with E-state index in [1.807, 2.05) is 24.3 Å². The van der Waals surface area contributed by atoms with Gasteiger partial charge in [0.1, 0.15) is 0 Å². The molecule has 0 heterocycles. The molecule has 4 nitrogen and oxygen atoms in total. The number of rotatable bonds is 4. The minimum absolute atomic E-state index is 0.105. The van der Waals surface area contributed by atoms with Gasteiger partial charge in [-0.3, -0.25) is 9.59 Å². The Morgan fingerprint density at radius 1 is 1.27 bits per heavy atom. The summed E-state index contributed by atoms with van der Waals surface area (Å²) in [4.78, 5) is 26.2. The molecule has 1 aromatic rings. The minimum atomic E-state index is -0.161. The number of halogens is 1. The highest BCUT2D eigenvalue weighted by molar-refractivity contribution is 9.10. The lowest BCUT2D eigenvalue weighted by atomic mass is 9.88. The second-order valence-electron chi connectivity index (χ2n) is 6.50. The van der Waals surface area contributed by atoms with Crippen LogP contribution < -0.4 is 5.32 Å². The molecule has 2 fully saturated rings. The van der Waals surface area contributed by atoms with E-state index in [4.69, 9.17) is 0 Å². The highest BCUT2D eigenvalue weighted by atomic mass is 79.9. The predicted octanol–water partition coefficient (Wildman–Crippen LogP) is 3.28. The maximum atomic E-state index is 12.5. The van der Waals surface area contributed by atoms with Crippen LogP contribution in [-0.2, 0) is 9.59 Å². The van der Waals surface area contributed by atoms with E-state index in [1.54, 1.807) is 11.9 Å². The van der Waals surface area contributed by atoms with Gasteiger partial charge in [-0.05, 0) is 59.2 Å². The Hall–Kier alpha value is -1.36. The molecule has 3 rings (SSSR count). The molecule has 3 unspecified atom stereocenters. The average Bonchev–Trinajstić information content (AvgIpc) is 3.11. The number of para-hydroxylation sites is 1. The number of carbonyl (C=O) groups excluding carboxylic acids is 2. The maximum absolute atomic E-state index is 12.5. The smallest absolute Gasteiger partial charge is 0.244 e. The normalized spacial score (nSPS) is 26.0. The summed E-state index contributed by atoms with van der Waals surface area (Å²) in [7, 11) is 1.73. The number of nitrogens with one attached hydrogen (secondary N) is 1. The Kier molecular flexibility index (Phi) is 4.52. The molecule has 2 aliphatic carbocycles. The molecule has 1 aromatic carbocycles. The van der Waals surface area contributed by atoms with Crippen LogP contribution in [0.4, 0.5) is 5.69 Å². The van der Waals surface area contributed by atoms with Gasteiger partial charge in [0.25, 0.3) is 0 Å². The van der Waals surface area contributed by atoms with Crippen LogP contribution in [0.5, 0.6) is 0 Å². The Morgan fingerprint density at radius 2 is 2.05 bits per heavy atom. The number of amides is 2. The fourth-order valence-electron chi connectivity index (χ4n) is 3.88. The summed E-state index contributed by atoms with van der Waals surface area (Å²) in [6.07, 6.45) is 4.67. The number of hydrogen-bond donors (Lipinski definition) is 1. The monoisotopic (exact) mass is 364 g/mol. The first kappa shape index (κ1) is 15.5. The maximum Gasteiger partial charge on any atom is 0.244 e. The van der Waals surface area contributed by atoms with E-state index in [1.165, 1.54) is 19.3 Å². The summed E-state index contributed by atoms with van der Waals surface area (Å²) in [5.74, 6) is 1.40. The number of nitrogens with zero attached hydrogens (tertiary/aromatic N) is 1. The summed E-state index contributed by atoms with van der Waals surface area (Å²) in [5.41, 5.74) is 0.730. The summed E-state index contributed by atoms with van der Waals surface area (Å²) in [6.45, 7) is 0.105. The van der Waals surface area contributed by atoms with E-state index in [0.29, 0.717) is 5.92 Å². The van der Waals surface area contributed by atoms with Gasteiger partial charge in [-0.25, -0.2) is 0 Å². The number of carbonyl (C=O) groups is 2. The zero-order valence-corrected chi connectivity index (χ0v) is 14.3. The average molecular weight is 365 g/mol. The van der Waals surface area contributed by atoms with Crippen molar-refractivity contribution in [1.82, 2.24) is 4.90 Å². The molecular weight excluding hydrogens is 344 g/mol. The molecular formula is C17H21BrN2O2. The topological polar surface area (TPSA) is 49.4 Å². The second-order valence-corrected chi connectivity index (χ2v) is 7.36. The van der Waals surface area contributed by atoms with E-state index in [9.17, 15) is 9.59 Å². The van der Waals surface area contributed by atoms with E-state index in [0.717, 1.165) is 22.5 Å². The van der Waals surface area contributed by atoms with Crippen molar-refractivity contribution in [2.75, 3.05) is 18.9 Å². The summed E-state index contributed by atoms with van der Waals surface area (Å²) < 4.78 is 0.838. The van der Waals surface area contributed by atoms with Gasteiger partial charge < -0.3 is 10.2 Å². The van der Waals surface area contributed by atoms with Crippen molar-refractivity contribution in [2.45, 2.75) is 25.7 Å². The van der Waals surface area contributed by atoms with Crippen LogP contribution in [0.25, 0.3) is 0 Å². The summed E-state index contributed by atoms with van der Waals surface area (Å²) >= 11 is 3.40. The second kappa shape index (κ2) is 6.41. The summed E-state index contributed by atoms with van der Waals surface area (Å²) in [5, 5.41) is 2.84. The van der Waals surface area contributed by atoms with Crippen LogP contribution in [0.3, 0.4) is 0 Å². The van der Waals surface area contributed by atoms with Crippen LogP contribution >= 0.6 is 15.9 Å². The molecule has 0 aliphatic heterocycles. The van der Waals surface area contributed by atoms with E-state index in [-0.39, 0.29) is 24.3 Å². The fraction of sp³-hybridized carbons (Fsp3) is 0.529. The molecule has 0 saturated heterocycles. The predicted molar refractivity (Wildman–Crippen MR) is 89.3 cm³/mol. The lowest BCUT2D eigenvalue weighted by molar-refractivity contribution is -0.138. The third-order valence-corrected chi connectivity index (χ3v) is 5.65. The molecule has 2 saturated carbocycles. The van der Waals surface area contributed by atoms with Crippen molar-refractivity contribution in [3.8, 4) is 0 Å². The highest BCUT2D eigenvalue weighted by Gasteiger charge is 2.44. The van der Waals surface area contributed by atoms with Crippen molar-refractivity contribution in [3.63, 3.8) is 0 Å². The molecule has 0 radical (unpaired) electrons. The Bertz CT molecular complexity index is 590. The molecule has 118 valence electrons. The number of fused-ring (bicyclic) bond motifs is 2. The molecule has 2 bridgehead atoms. The van der Waals surface area contributed by atoms with Crippen LogP contribution in [-0.4, -0.2) is 30.3 Å². The van der Waals surface area contributed by atoms with Crippen molar-refractivity contribution < 1.29 is 9.59 Å². The first-order valence-electron chi connectivity index (χ1n) is 7.84. The van der Waals surface area contributed by atoms with Crippen molar-refractivity contribution in [2.24, 2.45) is 17.8 Å². The third-order valence-electron chi connectivity index (χ3n) is 4.96. The van der Waals surface area contributed by atoms with Gasteiger partial charge in [0.05, 0.1) is 12.2 Å². The first-order chi connectivity index (χ1) is 10.5. The lowest BCUT2D eigenvalue weighted by Crippen LogP contribution is -2.40. The van der Waals surface area contributed by atoms with Gasteiger partial charge in [0.15, 0.2) is 0 Å². The quantitative estimate of drug-likeness (QED) is 0.890. The van der Waals surface area contributed by atoms with Gasteiger partial charge in [-0.2, -0.15) is 0 Å².